The molecule has 1 saturated carbocycles. The molecule has 1 amide bonds. The molecular formula is C12H23NO3. The molecule has 1 rings (SSSR count). The summed E-state index contributed by atoms with van der Waals surface area (Å²) in [6, 6.07) is 0.186. The minimum atomic E-state index is -0.433. The molecule has 4 heteroatoms. The van der Waals surface area contributed by atoms with Gasteiger partial charge in [0.25, 0.3) is 0 Å². The van der Waals surface area contributed by atoms with Crippen molar-refractivity contribution in [1.82, 2.24) is 5.32 Å². The minimum Gasteiger partial charge on any atom is -0.444 e. The molecule has 0 radical (unpaired) electrons. The lowest BCUT2D eigenvalue weighted by Gasteiger charge is -2.44. The number of carbonyl (C=O) groups is 1. The summed E-state index contributed by atoms with van der Waals surface area (Å²) in [7, 11) is 0. The maximum absolute atomic E-state index is 11.5. The summed E-state index contributed by atoms with van der Waals surface area (Å²) in [6.45, 7) is 10.4. The molecule has 0 bridgehead atoms. The highest BCUT2D eigenvalue weighted by atomic mass is 16.6. The van der Waals surface area contributed by atoms with E-state index in [0.717, 1.165) is 19.4 Å². The fourth-order valence-corrected chi connectivity index (χ4v) is 2.03. The van der Waals surface area contributed by atoms with Crippen molar-refractivity contribution < 1.29 is 14.3 Å². The lowest BCUT2D eigenvalue weighted by molar-refractivity contribution is -0.0962. The van der Waals surface area contributed by atoms with E-state index in [1.54, 1.807) is 0 Å². The molecule has 0 heterocycles. The predicted molar refractivity (Wildman–Crippen MR) is 62.4 cm³/mol. The Kier molecular flexibility index (Phi) is 3.84. The van der Waals surface area contributed by atoms with Crippen LogP contribution < -0.4 is 5.32 Å². The smallest absolute Gasteiger partial charge is 0.407 e. The molecule has 0 unspecified atom stereocenters. The van der Waals surface area contributed by atoms with E-state index in [0.29, 0.717) is 0 Å². The molecule has 0 spiro atoms. The number of nitrogens with one attached hydrogen (secondary N) is 1. The van der Waals surface area contributed by atoms with Crippen LogP contribution in [0, 0.1) is 0 Å². The van der Waals surface area contributed by atoms with E-state index in [9.17, 15) is 4.79 Å². The van der Waals surface area contributed by atoms with Gasteiger partial charge in [0.05, 0.1) is 5.60 Å². The van der Waals surface area contributed by atoms with Gasteiger partial charge in [0.15, 0.2) is 0 Å². The molecule has 1 N–H and O–H groups in total. The van der Waals surface area contributed by atoms with E-state index >= 15 is 0 Å². The number of hydrogen-bond acceptors (Lipinski definition) is 3. The molecule has 0 saturated heterocycles. The molecule has 4 nitrogen and oxygen atoms in total. The molecular weight excluding hydrogens is 206 g/mol. The number of carbonyl (C=O) groups excluding carboxylic acids is 1. The minimum absolute atomic E-state index is 0.0611. The van der Waals surface area contributed by atoms with E-state index in [1.807, 2.05) is 27.7 Å². The molecule has 1 aliphatic carbocycles. The van der Waals surface area contributed by atoms with Crippen LogP contribution in [0.15, 0.2) is 0 Å². The number of hydrogen-bond donors (Lipinski definition) is 1. The number of ether oxygens (including phenoxy) is 2. The average Bonchev–Trinajstić information content (AvgIpc) is 1.97. The van der Waals surface area contributed by atoms with Gasteiger partial charge in [-0.1, -0.05) is 0 Å². The predicted octanol–water partition coefficient (Wildman–Crippen LogP) is 2.47. The molecule has 0 aromatic carbocycles. The zero-order valence-corrected chi connectivity index (χ0v) is 10.9. The third-order valence-electron chi connectivity index (χ3n) is 2.57. The summed E-state index contributed by atoms with van der Waals surface area (Å²) in [5.74, 6) is 0. The average molecular weight is 229 g/mol. The third kappa shape index (κ3) is 4.00. The van der Waals surface area contributed by atoms with Gasteiger partial charge in [0, 0.05) is 12.6 Å². The zero-order chi connectivity index (χ0) is 12.4. The van der Waals surface area contributed by atoms with E-state index in [-0.39, 0.29) is 17.7 Å². The van der Waals surface area contributed by atoms with Gasteiger partial charge in [0.2, 0.25) is 0 Å². The first-order valence-corrected chi connectivity index (χ1v) is 5.87. The molecule has 1 aliphatic rings. The molecule has 16 heavy (non-hydrogen) atoms. The Bertz CT molecular complexity index is 251. The van der Waals surface area contributed by atoms with Crippen LogP contribution in [-0.2, 0) is 9.47 Å². The topological polar surface area (TPSA) is 47.6 Å². The van der Waals surface area contributed by atoms with Gasteiger partial charge < -0.3 is 14.8 Å². The van der Waals surface area contributed by atoms with Crippen molar-refractivity contribution in [2.24, 2.45) is 0 Å². The maximum atomic E-state index is 11.5. The quantitative estimate of drug-likeness (QED) is 0.808. The van der Waals surface area contributed by atoms with Gasteiger partial charge in [-0.3, -0.25) is 0 Å². The standard InChI is InChI=1S/C12H23NO3/c1-6-15-12(5)7-9(8-12)13-10(14)16-11(2,3)4/h9H,6-8H2,1-5H3,(H,13,14)/t9-,12+. The zero-order valence-electron chi connectivity index (χ0n) is 10.9. The van der Waals surface area contributed by atoms with Crippen molar-refractivity contribution in [1.29, 1.82) is 0 Å². The highest BCUT2D eigenvalue weighted by Crippen LogP contribution is 2.35. The van der Waals surface area contributed by atoms with Crippen LogP contribution >= 0.6 is 0 Å². The van der Waals surface area contributed by atoms with Crippen LogP contribution in [-0.4, -0.2) is 29.9 Å². The van der Waals surface area contributed by atoms with Gasteiger partial charge in [0.1, 0.15) is 5.60 Å². The summed E-state index contributed by atoms with van der Waals surface area (Å²) in [5.41, 5.74) is -0.495. The van der Waals surface area contributed by atoms with E-state index in [2.05, 4.69) is 12.2 Å². The van der Waals surface area contributed by atoms with Gasteiger partial charge in [-0.05, 0) is 47.5 Å². The summed E-state index contributed by atoms with van der Waals surface area (Å²) >= 11 is 0. The Hall–Kier alpha value is -0.770. The molecule has 1 fully saturated rings. The van der Waals surface area contributed by atoms with Crippen LogP contribution in [0.5, 0.6) is 0 Å². The first-order chi connectivity index (χ1) is 7.24. The number of rotatable bonds is 3. The first kappa shape index (κ1) is 13.3. The van der Waals surface area contributed by atoms with Crippen molar-refractivity contribution in [3.05, 3.63) is 0 Å². The Labute approximate surface area is 97.7 Å². The summed E-state index contributed by atoms with van der Waals surface area (Å²) in [5, 5.41) is 2.85. The highest BCUT2D eigenvalue weighted by molar-refractivity contribution is 5.68. The second kappa shape index (κ2) is 4.62. The molecule has 94 valence electrons. The second-order valence-electron chi connectivity index (χ2n) is 5.63. The van der Waals surface area contributed by atoms with Crippen molar-refractivity contribution >= 4 is 6.09 Å². The second-order valence-corrected chi connectivity index (χ2v) is 5.63. The number of alkyl carbamates (subject to hydrolysis) is 1. The largest absolute Gasteiger partial charge is 0.444 e. The molecule has 0 aromatic rings. The molecule has 0 aromatic heterocycles. The SMILES string of the molecule is CCO[C@]1(C)C[C@H](NC(=O)OC(C)(C)C)C1. The Morgan fingerprint density at radius 1 is 1.44 bits per heavy atom. The lowest BCUT2D eigenvalue weighted by atomic mass is 9.77. The lowest BCUT2D eigenvalue weighted by Crippen LogP contribution is -2.55. The summed E-state index contributed by atoms with van der Waals surface area (Å²) < 4.78 is 10.8. The van der Waals surface area contributed by atoms with Gasteiger partial charge in [-0.2, -0.15) is 0 Å². The van der Waals surface area contributed by atoms with Crippen LogP contribution in [0.3, 0.4) is 0 Å². The van der Waals surface area contributed by atoms with Crippen LogP contribution in [0.25, 0.3) is 0 Å². The normalized spacial score (nSPS) is 29.4. The van der Waals surface area contributed by atoms with Crippen molar-refractivity contribution in [2.75, 3.05) is 6.61 Å². The van der Waals surface area contributed by atoms with E-state index in [4.69, 9.17) is 9.47 Å². The van der Waals surface area contributed by atoms with E-state index < -0.39 is 5.60 Å². The monoisotopic (exact) mass is 229 g/mol. The third-order valence-corrected chi connectivity index (χ3v) is 2.57. The number of amides is 1. The highest BCUT2D eigenvalue weighted by Gasteiger charge is 2.42. The Morgan fingerprint density at radius 3 is 2.44 bits per heavy atom. The van der Waals surface area contributed by atoms with Gasteiger partial charge >= 0.3 is 6.09 Å². The van der Waals surface area contributed by atoms with E-state index in [1.165, 1.54) is 0 Å². The van der Waals surface area contributed by atoms with Gasteiger partial charge in [-0.25, -0.2) is 4.79 Å². The van der Waals surface area contributed by atoms with Crippen LogP contribution in [0.4, 0.5) is 4.79 Å². The molecule has 0 atom stereocenters. The van der Waals surface area contributed by atoms with Crippen molar-refractivity contribution in [3.8, 4) is 0 Å². The maximum Gasteiger partial charge on any atom is 0.407 e. The fourth-order valence-electron chi connectivity index (χ4n) is 2.03. The fraction of sp³-hybridized carbons (Fsp3) is 0.917. The Balaban J connectivity index is 2.25. The van der Waals surface area contributed by atoms with Crippen LogP contribution in [0.2, 0.25) is 0 Å². The van der Waals surface area contributed by atoms with Crippen molar-refractivity contribution in [3.63, 3.8) is 0 Å². The summed E-state index contributed by atoms with van der Waals surface area (Å²) in [6.07, 6.45) is 1.39. The summed E-state index contributed by atoms with van der Waals surface area (Å²) in [4.78, 5) is 11.5. The van der Waals surface area contributed by atoms with Gasteiger partial charge in [-0.15, -0.1) is 0 Å². The van der Waals surface area contributed by atoms with Crippen molar-refractivity contribution in [2.45, 2.75) is 64.7 Å². The van der Waals surface area contributed by atoms with Crippen LogP contribution in [0.1, 0.15) is 47.5 Å². The first-order valence-electron chi connectivity index (χ1n) is 5.87. The Morgan fingerprint density at radius 2 is 2.00 bits per heavy atom. The molecule has 0 aliphatic heterocycles.